The van der Waals surface area contributed by atoms with Gasteiger partial charge in [0.1, 0.15) is 0 Å². The molecule has 0 fully saturated rings. The standard InChI is InChI=1S/C38H56O4/c1-27(2)15-10-16-28(3)17-11-18-29(4)19-12-20-30(5)21-13-22-31(6)23-14-24-32(7)25-26-34-33(8)35(39)37(41)38(42-9)36(34)40/h15,17,19,21,23,25,41H,10-14,16,18,20,22,24,26H2,1-9H3. The van der Waals surface area contributed by atoms with E-state index in [1.165, 1.54) is 40.5 Å². The summed E-state index contributed by atoms with van der Waals surface area (Å²) in [4.78, 5) is 24.8. The van der Waals surface area contributed by atoms with Crippen LogP contribution in [0.1, 0.15) is 126 Å². The Balaban J connectivity index is 2.39. The highest BCUT2D eigenvalue weighted by Crippen LogP contribution is 2.27. The van der Waals surface area contributed by atoms with E-state index in [1.807, 2.05) is 13.0 Å². The van der Waals surface area contributed by atoms with E-state index in [-0.39, 0.29) is 11.3 Å². The lowest BCUT2D eigenvalue weighted by Gasteiger charge is -2.17. The second-order valence-electron chi connectivity index (χ2n) is 12.1. The number of ketones is 2. The maximum atomic E-state index is 12.6. The fourth-order valence-corrected chi connectivity index (χ4v) is 4.83. The zero-order chi connectivity index (χ0) is 31.7. The van der Waals surface area contributed by atoms with Gasteiger partial charge in [-0.3, -0.25) is 9.59 Å². The molecule has 1 N–H and O–H groups in total. The molecule has 0 aromatic rings. The van der Waals surface area contributed by atoms with Crippen LogP contribution in [0.25, 0.3) is 0 Å². The van der Waals surface area contributed by atoms with Gasteiger partial charge in [-0.05, 0) is 126 Å². The molecule has 1 aliphatic rings. The van der Waals surface area contributed by atoms with Gasteiger partial charge in [0.25, 0.3) is 0 Å². The number of hydrogen-bond acceptors (Lipinski definition) is 4. The maximum Gasteiger partial charge on any atom is 0.228 e. The van der Waals surface area contributed by atoms with Gasteiger partial charge in [0.2, 0.25) is 23.1 Å². The lowest BCUT2D eigenvalue weighted by atomic mass is 9.90. The number of carbonyl (C=O) groups is 2. The first kappa shape index (κ1) is 36.9. The van der Waals surface area contributed by atoms with E-state index in [2.05, 4.69) is 71.9 Å². The highest BCUT2D eigenvalue weighted by Gasteiger charge is 2.32. The van der Waals surface area contributed by atoms with Gasteiger partial charge in [-0.15, -0.1) is 0 Å². The van der Waals surface area contributed by atoms with Crippen LogP contribution in [0.4, 0.5) is 0 Å². The normalized spacial score (nSPS) is 16.1. The van der Waals surface area contributed by atoms with Gasteiger partial charge in [0.15, 0.2) is 0 Å². The van der Waals surface area contributed by atoms with Crippen LogP contribution in [0.2, 0.25) is 0 Å². The fourth-order valence-electron chi connectivity index (χ4n) is 4.83. The van der Waals surface area contributed by atoms with Crippen molar-refractivity contribution in [1.82, 2.24) is 0 Å². The van der Waals surface area contributed by atoms with Crippen molar-refractivity contribution in [3.63, 3.8) is 0 Å². The lowest BCUT2D eigenvalue weighted by Crippen LogP contribution is -2.23. The Morgan fingerprint density at radius 2 is 0.952 bits per heavy atom. The summed E-state index contributed by atoms with van der Waals surface area (Å²) in [5.74, 6) is -1.81. The van der Waals surface area contributed by atoms with Crippen LogP contribution in [0.3, 0.4) is 0 Å². The summed E-state index contributed by atoms with van der Waals surface area (Å²) >= 11 is 0. The lowest BCUT2D eigenvalue weighted by molar-refractivity contribution is -0.120. The molecule has 0 unspecified atom stereocenters. The van der Waals surface area contributed by atoms with Gasteiger partial charge in [-0.2, -0.15) is 0 Å². The molecular formula is C38H56O4. The SMILES string of the molecule is COC1=C(O)C(=O)C(C)=C(CC=C(C)CCC=C(C)CCC=C(C)CCC=C(C)CCC=C(C)CCC=C(C)C)C1=O. The van der Waals surface area contributed by atoms with Crippen molar-refractivity contribution in [1.29, 1.82) is 0 Å². The first-order valence-electron chi connectivity index (χ1n) is 15.5. The summed E-state index contributed by atoms with van der Waals surface area (Å²) < 4.78 is 4.96. The van der Waals surface area contributed by atoms with Gasteiger partial charge < -0.3 is 9.84 Å². The van der Waals surface area contributed by atoms with Crippen molar-refractivity contribution in [3.8, 4) is 0 Å². The van der Waals surface area contributed by atoms with Gasteiger partial charge >= 0.3 is 0 Å². The summed E-state index contributed by atoms with van der Waals surface area (Å²) in [7, 11) is 1.29. The number of methoxy groups -OCH3 is 1. The number of rotatable bonds is 18. The fraction of sp³-hybridized carbons (Fsp3) is 0.526. The van der Waals surface area contributed by atoms with Crippen LogP contribution in [0.15, 0.2) is 92.6 Å². The molecule has 0 aliphatic heterocycles. The van der Waals surface area contributed by atoms with E-state index < -0.39 is 17.3 Å². The number of carbonyl (C=O) groups excluding carboxylic acids is 2. The summed E-state index contributed by atoms with van der Waals surface area (Å²) in [5.41, 5.74) is 9.08. The Kier molecular flexibility index (Phi) is 17.5. The molecule has 0 bridgehead atoms. The molecule has 0 amide bonds. The molecule has 0 aromatic heterocycles. The van der Waals surface area contributed by atoms with E-state index >= 15 is 0 Å². The molecule has 0 radical (unpaired) electrons. The number of aliphatic hydroxyl groups is 1. The molecule has 0 saturated carbocycles. The monoisotopic (exact) mass is 576 g/mol. The molecule has 0 heterocycles. The Hall–Kier alpha value is -3.14. The van der Waals surface area contributed by atoms with Gasteiger partial charge in [-0.25, -0.2) is 0 Å². The Morgan fingerprint density at radius 3 is 1.31 bits per heavy atom. The quantitative estimate of drug-likeness (QED) is 0.130. The summed E-state index contributed by atoms with van der Waals surface area (Å²) in [5, 5.41) is 9.88. The van der Waals surface area contributed by atoms with Crippen LogP contribution in [-0.2, 0) is 14.3 Å². The number of hydrogen-bond donors (Lipinski definition) is 1. The molecule has 1 aliphatic carbocycles. The van der Waals surface area contributed by atoms with Crippen LogP contribution in [0.5, 0.6) is 0 Å². The average Bonchev–Trinajstić information content (AvgIpc) is 2.92. The second-order valence-corrected chi connectivity index (χ2v) is 12.1. The number of allylic oxidation sites excluding steroid dienone is 14. The zero-order valence-electron chi connectivity index (χ0n) is 27.9. The zero-order valence-corrected chi connectivity index (χ0v) is 27.9. The molecule has 0 spiro atoms. The minimum Gasteiger partial charge on any atom is -0.501 e. The Labute approximate surface area is 256 Å². The first-order valence-corrected chi connectivity index (χ1v) is 15.5. The molecule has 0 atom stereocenters. The molecule has 4 heteroatoms. The van der Waals surface area contributed by atoms with Crippen LogP contribution >= 0.6 is 0 Å². The van der Waals surface area contributed by atoms with E-state index in [0.717, 1.165) is 64.2 Å². The molecule has 0 saturated heterocycles. The van der Waals surface area contributed by atoms with Crippen molar-refractivity contribution in [2.24, 2.45) is 0 Å². The molecular weight excluding hydrogens is 520 g/mol. The average molecular weight is 577 g/mol. The van der Waals surface area contributed by atoms with E-state index in [0.29, 0.717) is 12.0 Å². The summed E-state index contributed by atoms with van der Waals surface area (Å²) in [6.45, 7) is 16.9. The smallest absolute Gasteiger partial charge is 0.228 e. The summed E-state index contributed by atoms with van der Waals surface area (Å²) in [6.07, 6.45) is 24.9. The predicted octanol–water partition coefficient (Wildman–Crippen LogP) is 10.9. The largest absolute Gasteiger partial charge is 0.501 e. The molecule has 0 aromatic carbocycles. The van der Waals surface area contributed by atoms with Gasteiger partial charge in [-0.1, -0.05) is 69.9 Å². The highest BCUT2D eigenvalue weighted by molar-refractivity contribution is 6.23. The van der Waals surface area contributed by atoms with E-state index in [1.54, 1.807) is 6.92 Å². The topological polar surface area (TPSA) is 63.6 Å². The third-order valence-corrected chi connectivity index (χ3v) is 7.78. The maximum absolute atomic E-state index is 12.6. The molecule has 42 heavy (non-hydrogen) atoms. The van der Waals surface area contributed by atoms with Crippen molar-refractivity contribution in [2.45, 2.75) is 126 Å². The van der Waals surface area contributed by atoms with Crippen molar-refractivity contribution in [3.05, 3.63) is 92.6 Å². The van der Waals surface area contributed by atoms with Crippen LogP contribution in [-0.4, -0.2) is 23.8 Å². The second kappa shape index (κ2) is 19.9. The van der Waals surface area contributed by atoms with Crippen LogP contribution in [0, 0.1) is 0 Å². The van der Waals surface area contributed by atoms with Gasteiger partial charge in [0.05, 0.1) is 7.11 Å². The van der Waals surface area contributed by atoms with Crippen molar-refractivity contribution >= 4 is 11.6 Å². The van der Waals surface area contributed by atoms with Crippen molar-refractivity contribution in [2.75, 3.05) is 7.11 Å². The summed E-state index contributed by atoms with van der Waals surface area (Å²) in [6, 6.07) is 0. The number of Topliss-reactive ketones (excluding diaryl/α,β-unsaturated/α-hetero) is 2. The highest BCUT2D eigenvalue weighted by atomic mass is 16.5. The minimum absolute atomic E-state index is 0.263. The molecule has 1 rings (SSSR count). The van der Waals surface area contributed by atoms with Crippen molar-refractivity contribution < 1.29 is 19.4 Å². The van der Waals surface area contributed by atoms with Gasteiger partial charge in [0, 0.05) is 11.1 Å². The number of ether oxygens (including phenoxy) is 1. The van der Waals surface area contributed by atoms with Crippen LogP contribution < -0.4 is 0 Å². The predicted molar refractivity (Wildman–Crippen MR) is 178 cm³/mol. The Morgan fingerprint density at radius 1 is 0.595 bits per heavy atom. The Bertz CT molecular complexity index is 1190. The first-order chi connectivity index (χ1) is 19.9. The third-order valence-electron chi connectivity index (χ3n) is 7.78. The minimum atomic E-state index is -0.600. The molecule has 232 valence electrons. The van der Waals surface area contributed by atoms with E-state index in [9.17, 15) is 14.7 Å². The third kappa shape index (κ3) is 14.2. The number of aliphatic hydroxyl groups excluding tert-OH is 1. The van der Waals surface area contributed by atoms with E-state index in [4.69, 9.17) is 4.74 Å². The molecule has 4 nitrogen and oxygen atoms in total.